The molecule has 2 N–H and O–H groups in total. The highest BCUT2D eigenvalue weighted by molar-refractivity contribution is 5.89. The van der Waals surface area contributed by atoms with E-state index in [0.717, 1.165) is 19.3 Å². The van der Waals surface area contributed by atoms with Gasteiger partial charge in [0.15, 0.2) is 0 Å². The van der Waals surface area contributed by atoms with Crippen LogP contribution in [-0.4, -0.2) is 46.9 Å². The number of carbonyl (C=O) groups is 3. The lowest BCUT2D eigenvalue weighted by molar-refractivity contribution is -0.142. The minimum Gasteiger partial charge on any atom is -0.481 e. The molecule has 2 fully saturated rings. The quantitative estimate of drug-likeness (QED) is 0.765. The number of carboxylic acids is 1. The second-order valence-electron chi connectivity index (χ2n) is 6.68. The molecule has 1 saturated carbocycles. The van der Waals surface area contributed by atoms with Crippen molar-refractivity contribution in [2.45, 2.75) is 52.0 Å². The van der Waals surface area contributed by atoms with E-state index in [4.69, 9.17) is 5.11 Å². The van der Waals surface area contributed by atoms with Crippen molar-refractivity contribution in [3.05, 3.63) is 0 Å². The molecule has 1 heterocycles. The minimum atomic E-state index is -0.814. The van der Waals surface area contributed by atoms with Crippen LogP contribution in [0.5, 0.6) is 0 Å². The van der Waals surface area contributed by atoms with E-state index in [-0.39, 0.29) is 42.0 Å². The standard InChI is InChI=1S/C15H24N2O4/c1-10(2)17-8-11(6-12(17)18)14(21)16-9-15(4-3-5-15)7-13(19)20/h10-11H,3-9H2,1-2H3,(H,16,21)(H,19,20). The molecule has 21 heavy (non-hydrogen) atoms. The lowest BCUT2D eigenvalue weighted by atomic mass is 9.66. The van der Waals surface area contributed by atoms with Gasteiger partial charge in [-0.15, -0.1) is 0 Å². The van der Waals surface area contributed by atoms with Gasteiger partial charge in [0.25, 0.3) is 0 Å². The lowest BCUT2D eigenvalue weighted by Gasteiger charge is -2.41. The third-order valence-electron chi connectivity index (χ3n) is 4.73. The molecule has 1 aliphatic carbocycles. The van der Waals surface area contributed by atoms with Crippen molar-refractivity contribution < 1.29 is 19.5 Å². The summed E-state index contributed by atoms with van der Waals surface area (Å²) in [5.41, 5.74) is -0.276. The Hall–Kier alpha value is -1.59. The van der Waals surface area contributed by atoms with E-state index in [1.807, 2.05) is 13.8 Å². The fourth-order valence-corrected chi connectivity index (χ4v) is 3.24. The van der Waals surface area contributed by atoms with Crippen LogP contribution in [0, 0.1) is 11.3 Å². The molecule has 0 radical (unpaired) electrons. The molecule has 0 aromatic rings. The van der Waals surface area contributed by atoms with Crippen LogP contribution in [0.25, 0.3) is 0 Å². The number of hydrogen-bond donors (Lipinski definition) is 2. The molecule has 1 unspecified atom stereocenters. The van der Waals surface area contributed by atoms with Crippen molar-refractivity contribution in [3.8, 4) is 0 Å². The van der Waals surface area contributed by atoms with E-state index in [9.17, 15) is 14.4 Å². The number of nitrogens with one attached hydrogen (secondary N) is 1. The van der Waals surface area contributed by atoms with Gasteiger partial charge in [0.2, 0.25) is 11.8 Å². The summed E-state index contributed by atoms with van der Waals surface area (Å²) < 4.78 is 0. The van der Waals surface area contributed by atoms with Crippen LogP contribution in [0.15, 0.2) is 0 Å². The Bertz CT molecular complexity index is 443. The fourth-order valence-electron chi connectivity index (χ4n) is 3.24. The van der Waals surface area contributed by atoms with Crippen LogP contribution in [-0.2, 0) is 14.4 Å². The van der Waals surface area contributed by atoms with Crippen LogP contribution in [0.1, 0.15) is 46.0 Å². The van der Waals surface area contributed by atoms with Crippen molar-refractivity contribution in [3.63, 3.8) is 0 Å². The first kappa shape index (κ1) is 15.8. The van der Waals surface area contributed by atoms with Crippen molar-refractivity contribution in [1.82, 2.24) is 10.2 Å². The predicted molar refractivity (Wildman–Crippen MR) is 76.5 cm³/mol. The Morgan fingerprint density at radius 1 is 1.43 bits per heavy atom. The summed E-state index contributed by atoms with van der Waals surface area (Å²) in [4.78, 5) is 36.6. The van der Waals surface area contributed by atoms with E-state index in [2.05, 4.69) is 5.32 Å². The van der Waals surface area contributed by atoms with Gasteiger partial charge in [-0.3, -0.25) is 14.4 Å². The average molecular weight is 296 g/mol. The van der Waals surface area contributed by atoms with Crippen LogP contribution >= 0.6 is 0 Å². The fraction of sp³-hybridized carbons (Fsp3) is 0.800. The topological polar surface area (TPSA) is 86.7 Å². The number of rotatable bonds is 6. The second kappa shape index (κ2) is 6.03. The van der Waals surface area contributed by atoms with Gasteiger partial charge >= 0.3 is 5.97 Å². The first-order valence-corrected chi connectivity index (χ1v) is 7.62. The van der Waals surface area contributed by atoms with Crippen molar-refractivity contribution in [1.29, 1.82) is 0 Å². The molecule has 2 rings (SSSR count). The zero-order chi connectivity index (χ0) is 15.6. The summed E-state index contributed by atoms with van der Waals surface area (Å²) in [6.07, 6.45) is 3.08. The number of likely N-dealkylation sites (tertiary alicyclic amines) is 1. The maximum Gasteiger partial charge on any atom is 0.303 e. The van der Waals surface area contributed by atoms with Gasteiger partial charge in [-0.25, -0.2) is 0 Å². The van der Waals surface area contributed by atoms with E-state index in [1.165, 1.54) is 0 Å². The van der Waals surface area contributed by atoms with E-state index < -0.39 is 5.97 Å². The van der Waals surface area contributed by atoms with Gasteiger partial charge < -0.3 is 15.3 Å². The Morgan fingerprint density at radius 2 is 2.10 bits per heavy atom. The third-order valence-corrected chi connectivity index (χ3v) is 4.73. The molecule has 2 aliphatic rings. The number of aliphatic carboxylic acids is 1. The summed E-state index contributed by atoms with van der Waals surface area (Å²) >= 11 is 0. The van der Waals surface area contributed by atoms with Gasteiger partial charge in [0.05, 0.1) is 12.3 Å². The largest absolute Gasteiger partial charge is 0.481 e. The summed E-state index contributed by atoms with van der Waals surface area (Å²) in [7, 11) is 0. The second-order valence-corrected chi connectivity index (χ2v) is 6.68. The molecule has 6 nitrogen and oxygen atoms in total. The Morgan fingerprint density at radius 3 is 2.52 bits per heavy atom. The number of hydrogen-bond acceptors (Lipinski definition) is 3. The monoisotopic (exact) mass is 296 g/mol. The highest BCUT2D eigenvalue weighted by atomic mass is 16.4. The Balaban J connectivity index is 1.85. The molecule has 0 aromatic carbocycles. The van der Waals surface area contributed by atoms with E-state index in [1.54, 1.807) is 4.90 Å². The molecule has 0 spiro atoms. The zero-order valence-electron chi connectivity index (χ0n) is 12.7. The van der Waals surface area contributed by atoms with Gasteiger partial charge in [-0.2, -0.15) is 0 Å². The maximum atomic E-state index is 12.2. The normalized spacial score (nSPS) is 24.0. The highest BCUT2D eigenvalue weighted by Crippen LogP contribution is 2.43. The van der Waals surface area contributed by atoms with Crippen molar-refractivity contribution in [2.75, 3.05) is 13.1 Å². The predicted octanol–water partition coefficient (Wildman–Crippen LogP) is 1.00. The van der Waals surface area contributed by atoms with Gasteiger partial charge in [0, 0.05) is 25.6 Å². The van der Waals surface area contributed by atoms with Gasteiger partial charge in [0.1, 0.15) is 0 Å². The maximum absolute atomic E-state index is 12.2. The number of nitrogens with zero attached hydrogens (tertiary/aromatic N) is 1. The van der Waals surface area contributed by atoms with Crippen molar-refractivity contribution >= 4 is 17.8 Å². The van der Waals surface area contributed by atoms with E-state index >= 15 is 0 Å². The molecule has 1 atom stereocenters. The SMILES string of the molecule is CC(C)N1CC(C(=O)NCC2(CC(=O)O)CCC2)CC1=O. The lowest BCUT2D eigenvalue weighted by Crippen LogP contribution is -2.45. The third kappa shape index (κ3) is 3.54. The molecule has 2 amide bonds. The first-order chi connectivity index (χ1) is 9.83. The minimum absolute atomic E-state index is 0.0223. The molecule has 118 valence electrons. The number of carbonyl (C=O) groups excluding carboxylic acids is 2. The molecule has 0 aromatic heterocycles. The smallest absolute Gasteiger partial charge is 0.303 e. The average Bonchev–Trinajstić information content (AvgIpc) is 2.74. The number of amides is 2. The van der Waals surface area contributed by atoms with E-state index in [0.29, 0.717) is 13.1 Å². The molecule has 6 heteroatoms. The molecule has 1 saturated heterocycles. The number of carboxylic acid groups (broad SMARTS) is 1. The zero-order valence-corrected chi connectivity index (χ0v) is 12.7. The van der Waals surface area contributed by atoms with Crippen LogP contribution in [0.3, 0.4) is 0 Å². The molecular formula is C15H24N2O4. The first-order valence-electron chi connectivity index (χ1n) is 7.62. The Labute approximate surface area is 124 Å². The molecule has 0 bridgehead atoms. The summed E-state index contributed by atoms with van der Waals surface area (Å²) in [6, 6.07) is 0.111. The summed E-state index contributed by atoms with van der Waals surface area (Å²) in [6.45, 7) is 4.75. The van der Waals surface area contributed by atoms with Crippen LogP contribution < -0.4 is 5.32 Å². The Kier molecular flexibility index (Phi) is 4.54. The highest BCUT2D eigenvalue weighted by Gasteiger charge is 2.41. The molecular weight excluding hydrogens is 272 g/mol. The van der Waals surface area contributed by atoms with Crippen molar-refractivity contribution in [2.24, 2.45) is 11.3 Å². The van der Waals surface area contributed by atoms with Crippen LogP contribution in [0.4, 0.5) is 0 Å². The summed E-state index contributed by atoms with van der Waals surface area (Å²) in [5, 5.41) is 11.8. The van der Waals surface area contributed by atoms with Gasteiger partial charge in [-0.1, -0.05) is 6.42 Å². The van der Waals surface area contributed by atoms with Gasteiger partial charge in [-0.05, 0) is 32.1 Å². The molecule has 1 aliphatic heterocycles. The summed E-state index contributed by atoms with van der Waals surface area (Å²) in [5.74, 6) is -1.22. The van der Waals surface area contributed by atoms with Crippen LogP contribution in [0.2, 0.25) is 0 Å².